The molecule has 1 saturated heterocycles. The van der Waals surface area contributed by atoms with E-state index in [0.717, 1.165) is 45.6 Å². The molecule has 0 aliphatic carbocycles. The Morgan fingerprint density at radius 3 is 2.68 bits per heavy atom. The molecule has 0 bridgehead atoms. The second-order valence-corrected chi connectivity index (χ2v) is 8.01. The van der Waals surface area contributed by atoms with Crippen molar-refractivity contribution in [3.05, 3.63) is 0 Å². The molecule has 130 valence electrons. The van der Waals surface area contributed by atoms with Crippen molar-refractivity contribution in [3.63, 3.8) is 0 Å². The van der Waals surface area contributed by atoms with Crippen molar-refractivity contribution < 1.29 is 14.3 Å². The maximum atomic E-state index is 12.2. The highest BCUT2D eigenvalue weighted by atomic mass is 16.6. The lowest BCUT2D eigenvalue weighted by Gasteiger charge is -2.41. The van der Waals surface area contributed by atoms with Gasteiger partial charge in [0.05, 0.1) is 0 Å². The Morgan fingerprint density at radius 1 is 1.41 bits per heavy atom. The topological polar surface area (TPSA) is 50.8 Å². The zero-order chi connectivity index (χ0) is 16.8. The number of carbonyl (C=O) groups excluding carboxylic acids is 1. The van der Waals surface area contributed by atoms with Crippen LogP contribution in [0.3, 0.4) is 0 Å². The van der Waals surface area contributed by atoms with Gasteiger partial charge in [-0.05, 0) is 51.5 Å². The molecule has 1 aliphatic heterocycles. The second-order valence-electron chi connectivity index (χ2n) is 8.01. The van der Waals surface area contributed by atoms with Crippen LogP contribution in [0.25, 0.3) is 0 Å². The molecule has 0 saturated carbocycles. The predicted molar refractivity (Wildman–Crippen MR) is 89.1 cm³/mol. The molecule has 2 unspecified atom stereocenters. The number of rotatable bonds is 6. The van der Waals surface area contributed by atoms with E-state index in [0.29, 0.717) is 5.92 Å². The number of nitrogens with one attached hydrogen (secondary N) is 1. The van der Waals surface area contributed by atoms with E-state index in [-0.39, 0.29) is 11.5 Å². The molecule has 0 aromatic carbocycles. The molecule has 2 atom stereocenters. The average Bonchev–Trinajstić information content (AvgIpc) is 2.36. The summed E-state index contributed by atoms with van der Waals surface area (Å²) < 4.78 is 10.7. The largest absolute Gasteiger partial charge is 0.444 e. The lowest BCUT2D eigenvalue weighted by Crippen LogP contribution is -2.50. The lowest BCUT2D eigenvalue weighted by atomic mass is 9.82. The van der Waals surface area contributed by atoms with Crippen LogP contribution in [0.1, 0.15) is 47.5 Å². The first-order valence-corrected chi connectivity index (χ1v) is 8.33. The van der Waals surface area contributed by atoms with Gasteiger partial charge in [-0.1, -0.05) is 13.8 Å². The monoisotopic (exact) mass is 314 g/mol. The van der Waals surface area contributed by atoms with Crippen LogP contribution < -0.4 is 5.32 Å². The fraction of sp³-hybridized carbons (Fsp3) is 0.941. The van der Waals surface area contributed by atoms with Crippen LogP contribution in [0.5, 0.6) is 0 Å². The van der Waals surface area contributed by atoms with Gasteiger partial charge in [0, 0.05) is 33.4 Å². The van der Waals surface area contributed by atoms with E-state index in [1.54, 1.807) is 7.11 Å². The summed E-state index contributed by atoms with van der Waals surface area (Å²) in [5.74, 6) is 0.499. The summed E-state index contributed by atoms with van der Waals surface area (Å²) in [4.78, 5) is 14.1. The van der Waals surface area contributed by atoms with Crippen LogP contribution >= 0.6 is 0 Å². The quantitative estimate of drug-likeness (QED) is 0.819. The number of ether oxygens (including phenoxy) is 2. The second kappa shape index (κ2) is 8.16. The molecule has 1 rings (SSSR count). The molecule has 1 fully saturated rings. The minimum atomic E-state index is -0.432. The van der Waals surface area contributed by atoms with Crippen LogP contribution in [0.2, 0.25) is 0 Å². The maximum Gasteiger partial charge on any atom is 0.410 e. The first kappa shape index (κ1) is 19.2. The van der Waals surface area contributed by atoms with Crippen LogP contribution in [-0.4, -0.2) is 56.5 Å². The number of methoxy groups -OCH3 is 1. The first-order chi connectivity index (χ1) is 10.2. The molecule has 0 spiro atoms. The zero-order valence-corrected chi connectivity index (χ0v) is 15.2. The van der Waals surface area contributed by atoms with E-state index >= 15 is 0 Å². The number of hydrogen-bond acceptors (Lipinski definition) is 4. The molecule has 1 amide bonds. The highest BCUT2D eigenvalue weighted by Gasteiger charge is 2.34. The van der Waals surface area contributed by atoms with E-state index in [4.69, 9.17) is 9.47 Å². The zero-order valence-electron chi connectivity index (χ0n) is 15.2. The molecule has 0 aromatic heterocycles. The standard InChI is InChI=1S/C17H34N2O3/c1-14(11-21-6)10-18-12-17(5)8-7-9-19(13-17)15(20)22-16(2,3)4/h14,18H,7-13H2,1-6H3. The Morgan fingerprint density at radius 2 is 2.09 bits per heavy atom. The van der Waals surface area contributed by atoms with Gasteiger partial charge in [0.25, 0.3) is 0 Å². The van der Waals surface area contributed by atoms with E-state index in [9.17, 15) is 4.79 Å². The summed E-state index contributed by atoms with van der Waals surface area (Å²) in [7, 11) is 1.73. The third-order valence-corrected chi connectivity index (χ3v) is 3.93. The van der Waals surface area contributed by atoms with Gasteiger partial charge in [0.1, 0.15) is 5.60 Å². The van der Waals surface area contributed by atoms with Gasteiger partial charge in [0.2, 0.25) is 0 Å². The van der Waals surface area contributed by atoms with Crippen molar-refractivity contribution in [2.75, 3.05) is 39.9 Å². The Hall–Kier alpha value is -0.810. The highest BCUT2D eigenvalue weighted by molar-refractivity contribution is 5.68. The molecule has 0 radical (unpaired) electrons. The Bertz CT molecular complexity index is 354. The van der Waals surface area contributed by atoms with Gasteiger partial charge in [-0.2, -0.15) is 0 Å². The number of nitrogens with zero attached hydrogens (tertiary/aromatic N) is 1. The summed E-state index contributed by atoms with van der Waals surface area (Å²) in [6, 6.07) is 0. The first-order valence-electron chi connectivity index (χ1n) is 8.33. The SMILES string of the molecule is COCC(C)CNCC1(C)CCCN(C(=O)OC(C)(C)C)C1. The van der Waals surface area contributed by atoms with Crippen molar-refractivity contribution >= 4 is 6.09 Å². The van der Waals surface area contributed by atoms with Crippen LogP contribution in [0, 0.1) is 11.3 Å². The number of likely N-dealkylation sites (tertiary alicyclic amines) is 1. The van der Waals surface area contributed by atoms with Crippen molar-refractivity contribution in [2.45, 2.75) is 53.1 Å². The number of amides is 1. The minimum absolute atomic E-state index is 0.113. The lowest BCUT2D eigenvalue weighted by molar-refractivity contribution is 0.00662. The maximum absolute atomic E-state index is 12.2. The Kier molecular flexibility index (Phi) is 7.13. The molecule has 5 heteroatoms. The van der Waals surface area contributed by atoms with Crippen molar-refractivity contribution in [1.29, 1.82) is 0 Å². The molecule has 0 aromatic rings. The van der Waals surface area contributed by atoms with Gasteiger partial charge in [-0.15, -0.1) is 0 Å². The number of piperidine rings is 1. The summed E-state index contributed by atoms with van der Waals surface area (Å²) in [6.07, 6.45) is 1.98. The van der Waals surface area contributed by atoms with Gasteiger partial charge in [-0.3, -0.25) is 0 Å². The van der Waals surface area contributed by atoms with Crippen molar-refractivity contribution in [2.24, 2.45) is 11.3 Å². The summed E-state index contributed by atoms with van der Waals surface area (Å²) in [5.41, 5.74) is -0.319. The Balaban J connectivity index is 2.45. The third-order valence-electron chi connectivity index (χ3n) is 3.93. The summed E-state index contributed by atoms with van der Waals surface area (Å²) in [5, 5.41) is 3.53. The van der Waals surface area contributed by atoms with Crippen LogP contribution in [-0.2, 0) is 9.47 Å². The van der Waals surface area contributed by atoms with Gasteiger partial charge in [0.15, 0.2) is 0 Å². The normalized spacial score (nSPS) is 24.2. The number of carbonyl (C=O) groups is 1. The molecule has 1 aliphatic rings. The van der Waals surface area contributed by atoms with Gasteiger partial charge < -0.3 is 19.7 Å². The van der Waals surface area contributed by atoms with Gasteiger partial charge >= 0.3 is 6.09 Å². The van der Waals surface area contributed by atoms with Crippen molar-refractivity contribution in [1.82, 2.24) is 10.2 Å². The molecule has 1 N–H and O–H groups in total. The van der Waals surface area contributed by atoms with E-state index in [1.807, 2.05) is 25.7 Å². The third kappa shape index (κ3) is 6.97. The molecule has 1 heterocycles. The van der Waals surface area contributed by atoms with E-state index in [1.165, 1.54) is 0 Å². The molecule has 22 heavy (non-hydrogen) atoms. The van der Waals surface area contributed by atoms with Gasteiger partial charge in [-0.25, -0.2) is 4.79 Å². The average molecular weight is 314 g/mol. The highest BCUT2D eigenvalue weighted by Crippen LogP contribution is 2.29. The predicted octanol–water partition coefficient (Wildman–Crippen LogP) is 2.90. The van der Waals surface area contributed by atoms with E-state index in [2.05, 4.69) is 19.2 Å². The Labute approximate surface area is 135 Å². The smallest absolute Gasteiger partial charge is 0.410 e. The summed E-state index contributed by atoms with van der Waals surface area (Å²) in [6.45, 7) is 14.3. The van der Waals surface area contributed by atoms with Crippen LogP contribution in [0.4, 0.5) is 4.79 Å². The van der Waals surface area contributed by atoms with Crippen LogP contribution in [0.15, 0.2) is 0 Å². The number of hydrogen-bond donors (Lipinski definition) is 1. The van der Waals surface area contributed by atoms with E-state index < -0.39 is 5.60 Å². The minimum Gasteiger partial charge on any atom is -0.444 e. The fourth-order valence-electron chi connectivity index (χ4n) is 2.91. The van der Waals surface area contributed by atoms with Crippen molar-refractivity contribution in [3.8, 4) is 0 Å². The fourth-order valence-corrected chi connectivity index (χ4v) is 2.91. The molecular weight excluding hydrogens is 280 g/mol. The molecular formula is C17H34N2O3. The molecule has 5 nitrogen and oxygen atoms in total. The summed E-state index contributed by atoms with van der Waals surface area (Å²) >= 11 is 0.